The highest BCUT2D eigenvalue weighted by atomic mass is 19.2. The van der Waals surface area contributed by atoms with Crippen LogP contribution in [0.25, 0.3) is 21.8 Å². The molecule has 0 aliphatic rings. The molecule has 0 bridgehead atoms. The van der Waals surface area contributed by atoms with Gasteiger partial charge in [0.05, 0.1) is 38.0 Å². The molecule has 4 rings (SSSR count). The van der Waals surface area contributed by atoms with Crippen LogP contribution in [-0.4, -0.2) is 28.6 Å². The molecule has 0 saturated carbocycles. The molecule has 0 aliphatic heterocycles. The summed E-state index contributed by atoms with van der Waals surface area (Å²) in [6.07, 6.45) is 1.27. The normalized spacial score (nSPS) is 11.5. The molecule has 0 fully saturated rings. The molecule has 0 spiro atoms. The summed E-state index contributed by atoms with van der Waals surface area (Å²) in [5, 5.41) is 4.89. The lowest BCUT2D eigenvalue weighted by atomic mass is 10.1. The molecule has 0 saturated heterocycles. The lowest BCUT2D eigenvalue weighted by Crippen LogP contribution is -2.26. The van der Waals surface area contributed by atoms with Gasteiger partial charge in [0.25, 0.3) is 5.56 Å². The number of aromatic nitrogens is 3. The molecule has 162 valence electrons. The minimum atomic E-state index is -2.27. The summed E-state index contributed by atoms with van der Waals surface area (Å²) in [6, 6.07) is 3.29. The predicted octanol–water partition coefficient (Wildman–Crippen LogP) is 3.65. The van der Waals surface area contributed by atoms with Crippen LogP contribution in [0.15, 0.2) is 23.1 Å². The Kier molecular flexibility index (Phi) is 4.83. The van der Waals surface area contributed by atoms with E-state index in [-0.39, 0.29) is 5.52 Å². The molecule has 31 heavy (non-hydrogen) atoms. The number of aryl methyl sites for hydroxylation is 1. The maximum absolute atomic E-state index is 14.1. The first-order valence-electron chi connectivity index (χ1n) is 8.81. The smallest absolute Gasteiger partial charge is 0.291 e. The first-order valence-corrected chi connectivity index (χ1v) is 8.81. The van der Waals surface area contributed by atoms with Crippen LogP contribution in [0.4, 0.5) is 22.0 Å². The van der Waals surface area contributed by atoms with E-state index < -0.39 is 46.8 Å². The predicted molar refractivity (Wildman–Crippen MR) is 101 cm³/mol. The second kappa shape index (κ2) is 7.25. The maximum Gasteiger partial charge on any atom is 0.291 e. The highest BCUT2D eigenvalue weighted by Gasteiger charge is 2.27. The summed E-state index contributed by atoms with van der Waals surface area (Å²) in [7, 11) is 4.48. The molecule has 2 heterocycles. The number of methoxy groups -OCH3 is 2. The highest BCUT2D eigenvalue weighted by Crippen LogP contribution is 2.36. The van der Waals surface area contributed by atoms with E-state index in [1.165, 1.54) is 25.0 Å². The van der Waals surface area contributed by atoms with Crippen LogP contribution < -0.4 is 15.0 Å². The average molecular weight is 439 g/mol. The number of ether oxygens (including phenoxy) is 2. The molecule has 6 nitrogen and oxygen atoms in total. The number of hydrogen-bond donors (Lipinski definition) is 0. The van der Waals surface area contributed by atoms with Crippen molar-refractivity contribution >= 4 is 21.8 Å². The van der Waals surface area contributed by atoms with Crippen molar-refractivity contribution in [2.45, 2.75) is 6.54 Å². The van der Waals surface area contributed by atoms with Crippen LogP contribution in [0, 0.1) is 29.1 Å². The molecule has 4 aromatic rings. The summed E-state index contributed by atoms with van der Waals surface area (Å²) >= 11 is 0. The van der Waals surface area contributed by atoms with E-state index in [9.17, 15) is 26.7 Å². The number of rotatable bonds is 4. The number of halogens is 5. The van der Waals surface area contributed by atoms with Gasteiger partial charge in [-0.1, -0.05) is 0 Å². The molecule has 2 aromatic carbocycles. The fourth-order valence-electron chi connectivity index (χ4n) is 3.53. The molecule has 0 atom stereocenters. The Bertz CT molecular complexity index is 1400. The van der Waals surface area contributed by atoms with E-state index in [1.807, 2.05) is 0 Å². The third-order valence-electron chi connectivity index (χ3n) is 5.12. The second-order valence-corrected chi connectivity index (χ2v) is 6.70. The quantitative estimate of drug-likeness (QED) is 0.277. The topological polar surface area (TPSA) is 58.3 Å². The third kappa shape index (κ3) is 2.91. The van der Waals surface area contributed by atoms with Gasteiger partial charge < -0.3 is 14.0 Å². The van der Waals surface area contributed by atoms with Crippen LogP contribution in [0.5, 0.6) is 11.5 Å². The number of fused-ring (bicyclic) bond motifs is 3. The van der Waals surface area contributed by atoms with Gasteiger partial charge >= 0.3 is 0 Å². The Hall–Kier alpha value is -3.63. The number of hydrogen-bond acceptors (Lipinski definition) is 4. The average Bonchev–Trinajstić information content (AvgIpc) is 3.05. The van der Waals surface area contributed by atoms with Gasteiger partial charge in [-0.05, 0) is 6.07 Å². The molecule has 0 amide bonds. The molecular formula is C20H14F5N3O3. The summed E-state index contributed by atoms with van der Waals surface area (Å²) in [5.41, 5.74) is -1.24. The van der Waals surface area contributed by atoms with Crippen molar-refractivity contribution in [3.8, 4) is 11.5 Å². The first-order chi connectivity index (χ1) is 14.7. The van der Waals surface area contributed by atoms with E-state index in [1.54, 1.807) is 19.2 Å². The molecule has 0 N–H and O–H groups in total. The summed E-state index contributed by atoms with van der Waals surface area (Å²) in [5.74, 6) is -9.66. The van der Waals surface area contributed by atoms with Gasteiger partial charge in [0.2, 0.25) is 5.82 Å². The molecule has 11 heteroatoms. The standard InChI is InChI=1S/C20H14F5N3O3/c1-27-11-5-13(31-3)12(30-2)4-8(11)9-6-26-28(20(29)19(9)27)7-10-14(21)16(23)18(25)17(24)15(10)22/h4-6H,7H2,1-3H3. The minimum Gasteiger partial charge on any atom is -0.493 e. The Morgan fingerprint density at radius 1 is 0.871 bits per heavy atom. The van der Waals surface area contributed by atoms with Gasteiger partial charge in [-0.2, -0.15) is 5.10 Å². The van der Waals surface area contributed by atoms with Crippen LogP contribution in [0.3, 0.4) is 0 Å². The Morgan fingerprint density at radius 2 is 1.42 bits per heavy atom. The van der Waals surface area contributed by atoms with Gasteiger partial charge in [-0.25, -0.2) is 26.6 Å². The van der Waals surface area contributed by atoms with Crippen molar-refractivity contribution in [2.24, 2.45) is 7.05 Å². The van der Waals surface area contributed by atoms with Gasteiger partial charge in [-0.15, -0.1) is 0 Å². The van der Waals surface area contributed by atoms with Crippen molar-refractivity contribution in [1.29, 1.82) is 0 Å². The molecule has 0 radical (unpaired) electrons. The van der Waals surface area contributed by atoms with E-state index in [0.29, 0.717) is 32.5 Å². The zero-order valence-corrected chi connectivity index (χ0v) is 16.4. The van der Waals surface area contributed by atoms with Crippen molar-refractivity contribution in [3.05, 3.63) is 63.3 Å². The van der Waals surface area contributed by atoms with Gasteiger partial charge in [0.15, 0.2) is 34.8 Å². The Balaban J connectivity index is 1.95. The van der Waals surface area contributed by atoms with Crippen LogP contribution >= 0.6 is 0 Å². The number of nitrogens with zero attached hydrogens (tertiary/aromatic N) is 3. The summed E-state index contributed by atoms with van der Waals surface area (Å²) in [4.78, 5) is 13.0. The van der Waals surface area contributed by atoms with Gasteiger partial charge in [-0.3, -0.25) is 4.79 Å². The minimum absolute atomic E-state index is 0.115. The third-order valence-corrected chi connectivity index (χ3v) is 5.12. The highest BCUT2D eigenvalue weighted by molar-refractivity contribution is 6.08. The fourth-order valence-corrected chi connectivity index (χ4v) is 3.53. The zero-order chi connectivity index (χ0) is 22.6. The van der Waals surface area contributed by atoms with E-state index in [2.05, 4.69) is 5.10 Å². The SMILES string of the molecule is COc1cc2c3cnn(Cc4c(F)c(F)c(F)c(F)c4F)c(=O)c3n(C)c2cc1OC. The van der Waals surface area contributed by atoms with Crippen molar-refractivity contribution < 1.29 is 31.4 Å². The van der Waals surface area contributed by atoms with Crippen molar-refractivity contribution in [2.75, 3.05) is 14.2 Å². The van der Waals surface area contributed by atoms with E-state index >= 15 is 0 Å². The monoisotopic (exact) mass is 439 g/mol. The molecule has 2 aromatic heterocycles. The van der Waals surface area contributed by atoms with E-state index in [0.717, 1.165) is 0 Å². The lowest BCUT2D eigenvalue weighted by Gasteiger charge is -2.10. The van der Waals surface area contributed by atoms with E-state index in [4.69, 9.17) is 9.47 Å². The molecule has 0 unspecified atom stereocenters. The van der Waals surface area contributed by atoms with Crippen molar-refractivity contribution in [3.63, 3.8) is 0 Å². The molecule has 0 aliphatic carbocycles. The number of benzene rings is 2. The van der Waals surface area contributed by atoms with Gasteiger partial charge in [0, 0.05) is 23.9 Å². The van der Waals surface area contributed by atoms with Crippen molar-refractivity contribution in [1.82, 2.24) is 14.3 Å². The van der Waals surface area contributed by atoms with Gasteiger partial charge in [0.1, 0.15) is 5.52 Å². The fraction of sp³-hybridized carbons (Fsp3) is 0.200. The second-order valence-electron chi connectivity index (χ2n) is 6.70. The largest absolute Gasteiger partial charge is 0.493 e. The zero-order valence-electron chi connectivity index (χ0n) is 16.4. The summed E-state index contributed by atoms with van der Waals surface area (Å²) < 4.78 is 81.1. The summed E-state index contributed by atoms with van der Waals surface area (Å²) in [6.45, 7) is -0.950. The van der Waals surface area contributed by atoms with Crippen LogP contribution in [0.1, 0.15) is 5.56 Å². The van der Waals surface area contributed by atoms with Crippen LogP contribution in [0.2, 0.25) is 0 Å². The van der Waals surface area contributed by atoms with Crippen LogP contribution in [-0.2, 0) is 13.6 Å². The maximum atomic E-state index is 14.1. The lowest BCUT2D eigenvalue weighted by molar-refractivity contribution is 0.356. The Morgan fingerprint density at radius 3 is 2.00 bits per heavy atom. The first kappa shape index (κ1) is 20.6. The molecular weight excluding hydrogens is 425 g/mol. The Labute approximate surface area is 171 Å².